The summed E-state index contributed by atoms with van der Waals surface area (Å²) in [4.78, 5) is 13.1. The van der Waals surface area contributed by atoms with E-state index in [2.05, 4.69) is 87.8 Å². The SMILES string of the molecule is Cc1ccccc1-c1cc2[nH]c3c(ccc4c3c3cccnc3n3ccnc43)c2cc1C. The molecule has 0 amide bonds. The van der Waals surface area contributed by atoms with Crippen LogP contribution in [-0.2, 0) is 0 Å². The quantitative estimate of drug-likeness (QED) is 0.296. The van der Waals surface area contributed by atoms with Crippen molar-refractivity contribution in [1.82, 2.24) is 19.4 Å². The molecule has 0 aliphatic rings. The van der Waals surface area contributed by atoms with Crippen molar-refractivity contribution in [2.75, 3.05) is 0 Å². The number of aryl methyl sites for hydroxylation is 2. The van der Waals surface area contributed by atoms with Gasteiger partial charge in [0, 0.05) is 51.0 Å². The van der Waals surface area contributed by atoms with Gasteiger partial charge in [-0.25, -0.2) is 9.97 Å². The molecule has 0 atom stereocenters. The average Bonchev–Trinajstić information content (AvgIpc) is 3.44. The van der Waals surface area contributed by atoms with E-state index in [1.54, 1.807) is 0 Å². The normalized spacial score (nSPS) is 12.1. The first-order chi connectivity index (χ1) is 15.7. The Kier molecular flexibility index (Phi) is 3.37. The van der Waals surface area contributed by atoms with E-state index in [-0.39, 0.29) is 0 Å². The summed E-state index contributed by atoms with van der Waals surface area (Å²) in [6.07, 6.45) is 5.67. The predicted molar refractivity (Wildman–Crippen MR) is 132 cm³/mol. The van der Waals surface area contributed by atoms with Crippen LogP contribution in [0.15, 0.2) is 79.3 Å². The zero-order valence-corrected chi connectivity index (χ0v) is 17.8. The Balaban J connectivity index is 1.66. The maximum Gasteiger partial charge on any atom is 0.146 e. The van der Waals surface area contributed by atoms with Gasteiger partial charge in [0.15, 0.2) is 0 Å². The first kappa shape index (κ1) is 17.5. The molecule has 7 aromatic rings. The minimum absolute atomic E-state index is 0.926. The van der Waals surface area contributed by atoms with Crippen LogP contribution in [0.3, 0.4) is 0 Å². The average molecular weight is 412 g/mol. The van der Waals surface area contributed by atoms with E-state index in [4.69, 9.17) is 0 Å². The molecule has 4 heteroatoms. The Labute approximate surface area is 184 Å². The number of aromatic nitrogens is 4. The minimum atomic E-state index is 0.926. The highest BCUT2D eigenvalue weighted by Gasteiger charge is 2.16. The van der Waals surface area contributed by atoms with Crippen molar-refractivity contribution in [1.29, 1.82) is 0 Å². The van der Waals surface area contributed by atoms with Gasteiger partial charge in [-0.15, -0.1) is 0 Å². The van der Waals surface area contributed by atoms with E-state index in [0.29, 0.717) is 0 Å². The lowest BCUT2D eigenvalue weighted by atomic mass is 9.95. The number of nitrogens with zero attached hydrogens (tertiary/aromatic N) is 3. The summed E-state index contributed by atoms with van der Waals surface area (Å²) in [6, 6.07) is 21.8. The number of rotatable bonds is 1. The standard InChI is InChI=1S/C28H20N4/c1-16-6-3-4-7-18(16)22-15-24-23(14-17(22)2)19-9-10-21-25(26(19)31-24)20-8-5-11-29-27(20)32-13-12-30-28(21)32/h3-15,31H,1-2H3. The highest BCUT2D eigenvalue weighted by Crippen LogP contribution is 2.39. The first-order valence-corrected chi connectivity index (χ1v) is 10.9. The van der Waals surface area contributed by atoms with Crippen molar-refractivity contribution in [3.8, 4) is 11.1 Å². The number of pyridine rings is 2. The Morgan fingerprint density at radius 1 is 0.688 bits per heavy atom. The highest BCUT2D eigenvalue weighted by atomic mass is 15.0. The summed E-state index contributed by atoms with van der Waals surface area (Å²) in [5.74, 6) is 0. The van der Waals surface area contributed by atoms with Crippen molar-refractivity contribution < 1.29 is 0 Å². The molecule has 0 unspecified atom stereocenters. The van der Waals surface area contributed by atoms with Crippen molar-refractivity contribution in [2.24, 2.45) is 0 Å². The monoisotopic (exact) mass is 412 g/mol. The summed E-state index contributed by atoms with van der Waals surface area (Å²) in [6.45, 7) is 4.38. The number of nitrogens with one attached hydrogen (secondary N) is 1. The highest BCUT2D eigenvalue weighted by molar-refractivity contribution is 6.26. The van der Waals surface area contributed by atoms with Gasteiger partial charge in [-0.05, 0) is 66.4 Å². The molecule has 4 aromatic heterocycles. The molecule has 0 spiro atoms. The molecule has 3 aromatic carbocycles. The number of aromatic amines is 1. The molecule has 1 N–H and O–H groups in total. The van der Waals surface area contributed by atoms with Gasteiger partial charge >= 0.3 is 0 Å². The number of fused-ring (bicyclic) bond motifs is 10. The molecule has 0 aliphatic heterocycles. The molecule has 0 aliphatic carbocycles. The number of H-pyrrole nitrogens is 1. The van der Waals surface area contributed by atoms with E-state index in [9.17, 15) is 0 Å². The third-order valence-corrected chi connectivity index (χ3v) is 6.72. The molecule has 0 radical (unpaired) electrons. The molecule has 4 heterocycles. The van der Waals surface area contributed by atoms with Crippen molar-refractivity contribution in [3.05, 3.63) is 90.4 Å². The zero-order valence-electron chi connectivity index (χ0n) is 17.8. The van der Waals surface area contributed by atoms with Crippen LogP contribution in [0.4, 0.5) is 0 Å². The van der Waals surface area contributed by atoms with Gasteiger partial charge in [0.2, 0.25) is 0 Å². The van der Waals surface area contributed by atoms with Gasteiger partial charge in [-0.3, -0.25) is 4.40 Å². The predicted octanol–water partition coefficient (Wildman–Crippen LogP) is 6.95. The molecule has 0 fully saturated rings. The van der Waals surface area contributed by atoms with Crippen LogP contribution in [-0.4, -0.2) is 19.4 Å². The van der Waals surface area contributed by atoms with Crippen molar-refractivity contribution in [3.63, 3.8) is 0 Å². The molecule has 152 valence electrons. The Morgan fingerprint density at radius 3 is 2.34 bits per heavy atom. The van der Waals surface area contributed by atoms with Gasteiger partial charge in [0.1, 0.15) is 11.3 Å². The Morgan fingerprint density at radius 2 is 1.47 bits per heavy atom. The van der Waals surface area contributed by atoms with Gasteiger partial charge in [0.05, 0.1) is 5.52 Å². The molecule has 32 heavy (non-hydrogen) atoms. The third-order valence-electron chi connectivity index (χ3n) is 6.72. The molecule has 0 bridgehead atoms. The summed E-state index contributed by atoms with van der Waals surface area (Å²) in [5, 5.41) is 5.91. The van der Waals surface area contributed by atoms with Crippen molar-refractivity contribution >= 4 is 49.3 Å². The van der Waals surface area contributed by atoms with E-state index in [1.165, 1.54) is 38.4 Å². The van der Waals surface area contributed by atoms with E-state index in [1.807, 2.05) is 24.7 Å². The number of imidazole rings is 1. The molecular formula is C28H20N4. The van der Waals surface area contributed by atoms with Crippen LogP contribution in [0.5, 0.6) is 0 Å². The van der Waals surface area contributed by atoms with Crippen LogP contribution in [0, 0.1) is 13.8 Å². The molecular weight excluding hydrogens is 392 g/mol. The second kappa shape index (κ2) is 6.17. The van der Waals surface area contributed by atoms with Gasteiger partial charge < -0.3 is 4.98 Å². The van der Waals surface area contributed by atoms with E-state index >= 15 is 0 Å². The number of hydrogen-bond acceptors (Lipinski definition) is 2. The number of benzene rings is 3. The first-order valence-electron chi connectivity index (χ1n) is 10.9. The Hall–Kier alpha value is -4.18. The lowest BCUT2D eigenvalue weighted by Crippen LogP contribution is -1.93. The zero-order chi connectivity index (χ0) is 21.4. The molecule has 7 rings (SSSR count). The van der Waals surface area contributed by atoms with Crippen LogP contribution in [0.1, 0.15) is 11.1 Å². The minimum Gasteiger partial charge on any atom is -0.354 e. The molecule has 4 nitrogen and oxygen atoms in total. The lowest BCUT2D eigenvalue weighted by Gasteiger charge is -2.10. The van der Waals surface area contributed by atoms with Crippen LogP contribution < -0.4 is 0 Å². The van der Waals surface area contributed by atoms with Crippen LogP contribution in [0.25, 0.3) is 60.4 Å². The maximum absolute atomic E-state index is 4.68. The smallest absolute Gasteiger partial charge is 0.146 e. The topological polar surface area (TPSA) is 46.0 Å². The fourth-order valence-corrected chi connectivity index (χ4v) is 5.21. The van der Waals surface area contributed by atoms with Gasteiger partial charge in [-0.1, -0.05) is 30.3 Å². The molecule has 0 saturated carbocycles. The van der Waals surface area contributed by atoms with Gasteiger partial charge in [-0.2, -0.15) is 0 Å². The van der Waals surface area contributed by atoms with E-state index < -0.39 is 0 Å². The fraction of sp³-hybridized carbons (Fsp3) is 0.0714. The number of hydrogen-bond donors (Lipinski definition) is 1. The summed E-state index contributed by atoms with van der Waals surface area (Å²) in [7, 11) is 0. The van der Waals surface area contributed by atoms with Crippen LogP contribution >= 0.6 is 0 Å². The summed E-state index contributed by atoms with van der Waals surface area (Å²) >= 11 is 0. The van der Waals surface area contributed by atoms with E-state index in [0.717, 1.165) is 33.1 Å². The maximum atomic E-state index is 4.68. The van der Waals surface area contributed by atoms with Crippen LogP contribution in [0.2, 0.25) is 0 Å². The lowest BCUT2D eigenvalue weighted by molar-refractivity contribution is 1.20. The second-order valence-corrected chi connectivity index (χ2v) is 8.56. The fourth-order valence-electron chi connectivity index (χ4n) is 5.21. The van der Waals surface area contributed by atoms with Crippen molar-refractivity contribution in [2.45, 2.75) is 13.8 Å². The third kappa shape index (κ3) is 2.21. The summed E-state index contributed by atoms with van der Waals surface area (Å²) in [5.41, 5.74) is 9.27. The largest absolute Gasteiger partial charge is 0.354 e. The Bertz CT molecular complexity index is 1850. The second-order valence-electron chi connectivity index (χ2n) is 8.56. The van der Waals surface area contributed by atoms with Gasteiger partial charge in [0.25, 0.3) is 0 Å². The summed E-state index contributed by atoms with van der Waals surface area (Å²) < 4.78 is 2.08. The molecule has 0 saturated heterocycles.